The third kappa shape index (κ3) is 7.54. The van der Waals surface area contributed by atoms with E-state index in [1.165, 1.54) is 23.1 Å². The van der Waals surface area contributed by atoms with Crippen LogP contribution in [0.3, 0.4) is 0 Å². The first kappa shape index (κ1) is 34.0. The molecule has 2 aromatic rings. The summed E-state index contributed by atoms with van der Waals surface area (Å²) in [6.07, 6.45) is -2.44. The molecule has 1 fully saturated rings. The lowest BCUT2D eigenvalue weighted by molar-refractivity contribution is -0.211. The van der Waals surface area contributed by atoms with Gasteiger partial charge in [-0.1, -0.05) is 31.5 Å². The summed E-state index contributed by atoms with van der Waals surface area (Å²) >= 11 is 6.56. The molecule has 1 aliphatic rings. The summed E-state index contributed by atoms with van der Waals surface area (Å²) in [6.45, 7) is 0.282. The topological polar surface area (TPSA) is 111 Å². The second kappa shape index (κ2) is 12.7. The Kier molecular flexibility index (Phi) is 10.3. The lowest BCUT2D eigenvalue weighted by Crippen LogP contribution is -2.44. The molecule has 0 atom stereocenters. The van der Waals surface area contributed by atoms with E-state index in [9.17, 15) is 40.3 Å². The summed E-state index contributed by atoms with van der Waals surface area (Å²) in [7, 11) is -3.23. The molecule has 8 nitrogen and oxygen atoms in total. The molecule has 0 spiro atoms. The van der Waals surface area contributed by atoms with E-state index < -0.39 is 56.8 Å². The Bertz CT molecular complexity index is 1390. The average Bonchev–Trinajstić information content (AvgIpc) is 3.22. The highest BCUT2D eigenvalue weighted by Crippen LogP contribution is 2.43. The van der Waals surface area contributed by atoms with Crippen molar-refractivity contribution in [3.8, 4) is 17.0 Å². The van der Waals surface area contributed by atoms with E-state index in [2.05, 4.69) is 15.2 Å². The Morgan fingerprint density at radius 1 is 1.26 bits per heavy atom. The molecule has 1 aliphatic carbocycles. The number of carbonyl (C=O) groups excluding carboxylic acids is 1. The first-order valence-electron chi connectivity index (χ1n) is 13.3. The van der Waals surface area contributed by atoms with Gasteiger partial charge in [-0.05, 0) is 56.7 Å². The molecule has 0 saturated heterocycles. The van der Waals surface area contributed by atoms with Gasteiger partial charge in [-0.3, -0.25) is 9.48 Å². The zero-order valence-electron chi connectivity index (χ0n) is 23.7. The lowest BCUT2D eigenvalue weighted by Gasteiger charge is -2.38. The maximum atomic E-state index is 13.4. The number of sulfone groups is 1. The molecule has 42 heavy (non-hydrogen) atoms. The monoisotopic (exact) mass is 643 g/mol. The number of benzene rings is 1. The Balaban J connectivity index is 1.91. The maximum absolute atomic E-state index is 13.4. The normalized spacial score (nSPS) is 20.1. The molecule has 0 radical (unpaired) electrons. The molecular weight excluding hydrogens is 609 g/mol. The molecule has 0 aliphatic heterocycles. The van der Waals surface area contributed by atoms with Crippen LogP contribution in [0.2, 0.25) is 5.02 Å². The van der Waals surface area contributed by atoms with E-state index in [4.69, 9.17) is 11.6 Å². The fourth-order valence-corrected chi connectivity index (χ4v) is 6.54. The number of aliphatic hydroxyl groups is 1. The average molecular weight is 644 g/mol. The number of aliphatic hydroxyl groups excluding tert-OH is 1. The summed E-state index contributed by atoms with van der Waals surface area (Å²) in [6, 6.07) is 3.75. The van der Waals surface area contributed by atoms with Crippen LogP contribution in [0.1, 0.15) is 62.5 Å². The Hall–Kier alpha value is -2.45. The van der Waals surface area contributed by atoms with Crippen molar-refractivity contribution in [3.63, 3.8) is 0 Å². The van der Waals surface area contributed by atoms with Gasteiger partial charge < -0.3 is 15.2 Å². The van der Waals surface area contributed by atoms with E-state index in [1.807, 2.05) is 0 Å². The fourth-order valence-electron chi connectivity index (χ4n) is 5.12. The first-order valence-corrected chi connectivity index (χ1v) is 15.7. The SMILES string of the molecule is CCn1nc(C(=O)NC[C@]2(CO)CC[C@H](S(C)(=O)=O)CC2)c(Cl)c1-c1ccc(CC(C)(C)C(F)(F)F)cc1OC(F)F. The van der Waals surface area contributed by atoms with E-state index in [0.717, 1.165) is 19.9 Å². The number of nitrogens with zero attached hydrogens (tertiary/aromatic N) is 2. The predicted molar refractivity (Wildman–Crippen MR) is 147 cm³/mol. The molecule has 0 unspecified atom stereocenters. The number of ether oxygens (including phenoxy) is 1. The second-order valence-corrected chi connectivity index (χ2v) is 14.2. The molecule has 2 N–H and O–H groups in total. The molecule has 1 heterocycles. The van der Waals surface area contributed by atoms with Crippen LogP contribution in [0.25, 0.3) is 11.3 Å². The number of alkyl halides is 5. The lowest BCUT2D eigenvalue weighted by atomic mass is 9.74. The van der Waals surface area contributed by atoms with E-state index >= 15 is 0 Å². The molecule has 0 bridgehead atoms. The van der Waals surface area contributed by atoms with Crippen molar-refractivity contribution in [2.24, 2.45) is 10.8 Å². The standard InChI is InChI=1S/C27H35ClF5N3O5S/c1-5-36-22(18-7-6-16(12-19(18)41-24(29)30)13-25(2,3)27(31,32)33)20(28)21(35-36)23(38)34-14-26(15-37)10-8-17(9-11-26)42(4,39)40/h6-7,12,17,24,37H,5,8-11,13-15H2,1-4H3,(H,34,38)/t17-,26-. The summed E-state index contributed by atoms with van der Waals surface area (Å²) in [4.78, 5) is 13.2. The van der Waals surface area contributed by atoms with Gasteiger partial charge in [-0.25, -0.2) is 8.42 Å². The van der Waals surface area contributed by atoms with Crippen LogP contribution >= 0.6 is 11.6 Å². The largest absolute Gasteiger partial charge is 0.434 e. The minimum atomic E-state index is -4.54. The van der Waals surface area contributed by atoms with E-state index in [-0.39, 0.29) is 47.2 Å². The van der Waals surface area contributed by atoms with Crippen LogP contribution < -0.4 is 10.1 Å². The second-order valence-electron chi connectivity index (χ2n) is 11.5. The molecule has 1 amide bonds. The van der Waals surface area contributed by atoms with Gasteiger partial charge in [-0.2, -0.15) is 27.1 Å². The van der Waals surface area contributed by atoms with Gasteiger partial charge in [0, 0.05) is 30.3 Å². The van der Waals surface area contributed by atoms with Crippen LogP contribution in [0.15, 0.2) is 18.2 Å². The van der Waals surface area contributed by atoms with Crippen LogP contribution in [-0.2, 0) is 22.8 Å². The number of rotatable bonds is 11. The minimum absolute atomic E-state index is 0.00758. The van der Waals surface area contributed by atoms with Crippen molar-refractivity contribution < 1.29 is 45.0 Å². The first-order chi connectivity index (χ1) is 19.3. The third-order valence-corrected chi connectivity index (χ3v) is 9.94. The molecule has 1 aromatic carbocycles. The molecule has 1 aromatic heterocycles. The van der Waals surface area contributed by atoms with Gasteiger partial charge in [-0.15, -0.1) is 0 Å². The number of hydrogen-bond acceptors (Lipinski definition) is 6. The number of halogens is 6. The highest BCUT2D eigenvalue weighted by Gasteiger charge is 2.47. The van der Waals surface area contributed by atoms with Gasteiger partial charge in [0.1, 0.15) is 15.6 Å². The van der Waals surface area contributed by atoms with Crippen molar-refractivity contribution in [1.29, 1.82) is 0 Å². The summed E-state index contributed by atoms with van der Waals surface area (Å²) < 4.78 is 96.8. The number of nitrogens with one attached hydrogen (secondary N) is 1. The highest BCUT2D eigenvalue weighted by molar-refractivity contribution is 7.91. The number of amides is 1. The highest BCUT2D eigenvalue weighted by atomic mass is 35.5. The maximum Gasteiger partial charge on any atom is 0.394 e. The van der Waals surface area contributed by atoms with E-state index in [1.54, 1.807) is 6.92 Å². The molecule has 3 rings (SSSR count). The number of hydrogen-bond donors (Lipinski definition) is 2. The van der Waals surface area contributed by atoms with Gasteiger partial charge >= 0.3 is 12.8 Å². The summed E-state index contributed by atoms with van der Waals surface area (Å²) in [5.74, 6) is -1.13. The zero-order chi connectivity index (χ0) is 31.7. The fraction of sp³-hybridized carbons (Fsp3) is 0.630. The Morgan fingerprint density at radius 3 is 2.38 bits per heavy atom. The zero-order valence-corrected chi connectivity index (χ0v) is 25.3. The summed E-state index contributed by atoms with van der Waals surface area (Å²) in [5.41, 5.74) is -2.93. The van der Waals surface area contributed by atoms with Gasteiger partial charge in [0.05, 0.1) is 28.0 Å². The van der Waals surface area contributed by atoms with Crippen molar-refractivity contribution in [2.75, 3.05) is 19.4 Å². The number of carbonyl (C=O) groups is 1. The minimum Gasteiger partial charge on any atom is -0.434 e. The van der Waals surface area contributed by atoms with Gasteiger partial charge in [0.2, 0.25) is 0 Å². The van der Waals surface area contributed by atoms with Crippen molar-refractivity contribution in [2.45, 2.75) is 77.5 Å². The Labute approximate surface area is 246 Å². The van der Waals surface area contributed by atoms with Crippen LogP contribution in [-0.4, -0.2) is 66.7 Å². The number of aromatic nitrogens is 2. The molecule has 15 heteroatoms. The van der Waals surface area contributed by atoms with Gasteiger partial charge in [0.15, 0.2) is 5.69 Å². The quantitative estimate of drug-likeness (QED) is 0.306. The molecule has 1 saturated carbocycles. The van der Waals surface area contributed by atoms with Crippen LogP contribution in [0.5, 0.6) is 5.75 Å². The molecule has 236 valence electrons. The Morgan fingerprint density at radius 2 is 1.88 bits per heavy atom. The van der Waals surface area contributed by atoms with Crippen molar-refractivity contribution in [3.05, 3.63) is 34.5 Å². The van der Waals surface area contributed by atoms with Crippen LogP contribution in [0, 0.1) is 10.8 Å². The predicted octanol–water partition coefficient (Wildman–Crippen LogP) is 5.65. The number of aryl methyl sites for hydroxylation is 1. The summed E-state index contributed by atoms with van der Waals surface area (Å²) in [5, 5.41) is 16.3. The van der Waals surface area contributed by atoms with Crippen LogP contribution in [0.4, 0.5) is 22.0 Å². The third-order valence-electron chi connectivity index (χ3n) is 7.90. The van der Waals surface area contributed by atoms with E-state index in [0.29, 0.717) is 25.7 Å². The van der Waals surface area contributed by atoms with Crippen molar-refractivity contribution in [1.82, 2.24) is 15.1 Å². The smallest absolute Gasteiger partial charge is 0.394 e. The molecular formula is C27H35ClF5N3O5S. The van der Waals surface area contributed by atoms with Gasteiger partial charge in [0.25, 0.3) is 5.91 Å². The van der Waals surface area contributed by atoms with Crippen molar-refractivity contribution >= 4 is 27.3 Å².